The minimum absolute atomic E-state index is 0.0884. The van der Waals surface area contributed by atoms with Crippen LogP contribution in [-0.4, -0.2) is 46.9 Å². The number of ether oxygens (including phenoxy) is 1. The first kappa shape index (κ1) is 61.9. The fourth-order valence-electron chi connectivity index (χ4n) is 9.32. The Kier molecular flexibility index (Phi) is 50.9. The SMILES string of the molecule is CCCCCCCCCCCCCCCCCCCC(CC(=O)NC(CO)C(O)CCCCCCCCCCCCCCCCCC)OC(=O)CCCCCCCCCCCCC. The smallest absolute Gasteiger partial charge is 0.306 e. The van der Waals surface area contributed by atoms with Gasteiger partial charge in [-0.1, -0.05) is 290 Å². The number of aliphatic hydroxyl groups is 2. The molecule has 3 unspecified atom stereocenters. The van der Waals surface area contributed by atoms with Crippen molar-refractivity contribution >= 4 is 11.9 Å². The highest BCUT2D eigenvalue weighted by Crippen LogP contribution is 2.19. The summed E-state index contributed by atoms with van der Waals surface area (Å²) in [6.45, 7) is 6.53. The van der Waals surface area contributed by atoms with Gasteiger partial charge in [0, 0.05) is 6.42 Å². The third kappa shape index (κ3) is 47.2. The Labute approximate surface area is 394 Å². The van der Waals surface area contributed by atoms with Gasteiger partial charge in [-0.3, -0.25) is 9.59 Å². The maximum absolute atomic E-state index is 13.2. The van der Waals surface area contributed by atoms with Crippen molar-refractivity contribution < 1.29 is 24.5 Å². The van der Waals surface area contributed by atoms with E-state index < -0.39 is 18.2 Å². The molecule has 0 aromatic carbocycles. The summed E-state index contributed by atoms with van der Waals surface area (Å²) < 4.78 is 5.96. The summed E-state index contributed by atoms with van der Waals surface area (Å²) in [5.41, 5.74) is 0. The minimum atomic E-state index is -0.780. The van der Waals surface area contributed by atoms with Crippen molar-refractivity contribution in [3.05, 3.63) is 0 Å². The van der Waals surface area contributed by atoms with Crippen LogP contribution in [0.5, 0.6) is 0 Å². The fraction of sp³-hybridized carbons (Fsp3) is 0.965. The van der Waals surface area contributed by atoms with Crippen LogP contribution in [0.2, 0.25) is 0 Å². The summed E-state index contributed by atoms with van der Waals surface area (Å²) in [4.78, 5) is 26.2. The second kappa shape index (κ2) is 51.8. The van der Waals surface area contributed by atoms with Gasteiger partial charge in [0.2, 0.25) is 5.91 Å². The average molecular weight is 893 g/mol. The molecule has 376 valence electrons. The molecule has 0 aromatic rings. The Bertz CT molecular complexity index is 913. The molecule has 0 radical (unpaired) electrons. The molecule has 6 heteroatoms. The Hall–Kier alpha value is -1.14. The van der Waals surface area contributed by atoms with E-state index in [4.69, 9.17) is 4.74 Å². The van der Waals surface area contributed by atoms with Gasteiger partial charge < -0.3 is 20.3 Å². The first-order chi connectivity index (χ1) is 31.0. The van der Waals surface area contributed by atoms with Crippen LogP contribution in [-0.2, 0) is 14.3 Å². The minimum Gasteiger partial charge on any atom is -0.462 e. The van der Waals surface area contributed by atoms with Crippen LogP contribution in [0.3, 0.4) is 0 Å². The van der Waals surface area contributed by atoms with Gasteiger partial charge in [-0.15, -0.1) is 0 Å². The maximum Gasteiger partial charge on any atom is 0.306 e. The second-order valence-corrected chi connectivity index (χ2v) is 20.1. The summed E-state index contributed by atoms with van der Waals surface area (Å²) >= 11 is 0. The lowest BCUT2D eigenvalue weighted by molar-refractivity contribution is -0.151. The molecule has 0 rings (SSSR count). The van der Waals surface area contributed by atoms with E-state index in [9.17, 15) is 19.8 Å². The number of unbranched alkanes of at least 4 members (excludes halogenated alkanes) is 41. The van der Waals surface area contributed by atoms with Crippen LogP contribution >= 0.6 is 0 Å². The zero-order chi connectivity index (χ0) is 45.9. The molecule has 0 heterocycles. The Morgan fingerprint density at radius 1 is 0.397 bits per heavy atom. The first-order valence-corrected chi connectivity index (χ1v) is 28.8. The summed E-state index contributed by atoms with van der Waals surface area (Å²) in [6.07, 6.45) is 57.4. The zero-order valence-electron chi connectivity index (χ0n) is 43.0. The molecular weight excluding hydrogens is 779 g/mol. The van der Waals surface area contributed by atoms with Gasteiger partial charge >= 0.3 is 5.97 Å². The Balaban J connectivity index is 4.45. The Morgan fingerprint density at radius 2 is 0.667 bits per heavy atom. The largest absolute Gasteiger partial charge is 0.462 e. The van der Waals surface area contributed by atoms with E-state index in [-0.39, 0.29) is 24.9 Å². The first-order valence-electron chi connectivity index (χ1n) is 28.8. The molecule has 0 aliphatic carbocycles. The zero-order valence-corrected chi connectivity index (χ0v) is 43.0. The van der Waals surface area contributed by atoms with Crippen molar-refractivity contribution in [2.45, 2.75) is 347 Å². The van der Waals surface area contributed by atoms with Gasteiger partial charge in [-0.2, -0.15) is 0 Å². The molecule has 0 saturated heterocycles. The molecule has 0 spiro atoms. The van der Waals surface area contributed by atoms with Crippen molar-refractivity contribution in [3.8, 4) is 0 Å². The predicted molar refractivity (Wildman–Crippen MR) is 274 cm³/mol. The lowest BCUT2D eigenvalue weighted by Crippen LogP contribution is -2.46. The fourth-order valence-corrected chi connectivity index (χ4v) is 9.32. The lowest BCUT2D eigenvalue weighted by Gasteiger charge is -2.24. The molecule has 0 fully saturated rings. The van der Waals surface area contributed by atoms with Crippen molar-refractivity contribution in [2.24, 2.45) is 0 Å². The molecule has 3 atom stereocenters. The molecule has 63 heavy (non-hydrogen) atoms. The van der Waals surface area contributed by atoms with E-state index in [0.717, 1.165) is 44.9 Å². The maximum atomic E-state index is 13.2. The predicted octanol–water partition coefficient (Wildman–Crippen LogP) is 17.5. The summed E-state index contributed by atoms with van der Waals surface area (Å²) in [7, 11) is 0. The highest BCUT2D eigenvalue weighted by atomic mass is 16.5. The third-order valence-electron chi connectivity index (χ3n) is 13.7. The van der Waals surface area contributed by atoms with Gasteiger partial charge in [-0.05, 0) is 25.7 Å². The summed E-state index contributed by atoms with van der Waals surface area (Å²) in [5.74, 6) is -0.447. The third-order valence-corrected chi connectivity index (χ3v) is 13.7. The van der Waals surface area contributed by atoms with Gasteiger partial charge in [0.25, 0.3) is 0 Å². The molecule has 0 aromatic heterocycles. The van der Waals surface area contributed by atoms with Gasteiger partial charge in [0.15, 0.2) is 0 Å². The topological polar surface area (TPSA) is 95.9 Å². The summed E-state index contributed by atoms with van der Waals surface area (Å²) in [5, 5.41) is 23.9. The standard InChI is InChI=1S/C57H113NO5/c1-4-7-10-13-16-19-22-24-26-28-29-31-34-36-39-42-45-48-53(63-57(62)50-47-44-41-38-33-21-18-15-12-9-6-3)51-56(61)58-54(52-59)55(60)49-46-43-40-37-35-32-30-27-25-23-20-17-14-11-8-5-2/h53-55,59-60H,4-52H2,1-3H3,(H,58,61). The average Bonchev–Trinajstić information content (AvgIpc) is 3.28. The van der Waals surface area contributed by atoms with E-state index in [2.05, 4.69) is 26.1 Å². The van der Waals surface area contributed by atoms with Crippen molar-refractivity contribution in [1.82, 2.24) is 5.32 Å². The second-order valence-electron chi connectivity index (χ2n) is 20.1. The van der Waals surface area contributed by atoms with Gasteiger partial charge in [-0.25, -0.2) is 0 Å². The van der Waals surface area contributed by atoms with E-state index in [1.54, 1.807) is 0 Å². The van der Waals surface area contributed by atoms with Crippen molar-refractivity contribution in [2.75, 3.05) is 6.61 Å². The molecular formula is C57H113NO5. The number of carbonyl (C=O) groups is 2. The molecule has 0 saturated carbocycles. The van der Waals surface area contributed by atoms with Crippen LogP contribution in [0, 0.1) is 0 Å². The number of amides is 1. The number of rotatable bonds is 53. The molecule has 0 aliphatic heterocycles. The Morgan fingerprint density at radius 3 is 0.968 bits per heavy atom. The van der Waals surface area contributed by atoms with Crippen LogP contribution < -0.4 is 5.32 Å². The monoisotopic (exact) mass is 892 g/mol. The van der Waals surface area contributed by atoms with Crippen LogP contribution in [0.15, 0.2) is 0 Å². The highest BCUT2D eigenvalue weighted by molar-refractivity contribution is 5.77. The number of aliphatic hydroxyl groups excluding tert-OH is 2. The van der Waals surface area contributed by atoms with Crippen LogP contribution in [0.4, 0.5) is 0 Å². The number of carbonyl (C=O) groups excluding carboxylic acids is 2. The molecule has 6 nitrogen and oxygen atoms in total. The lowest BCUT2D eigenvalue weighted by atomic mass is 10.0. The van der Waals surface area contributed by atoms with Crippen LogP contribution in [0.1, 0.15) is 329 Å². The van der Waals surface area contributed by atoms with Gasteiger partial charge in [0.1, 0.15) is 6.10 Å². The molecule has 3 N–H and O–H groups in total. The van der Waals surface area contributed by atoms with Gasteiger partial charge in [0.05, 0.1) is 25.2 Å². The molecule has 0 bridgehead atoms. The van der Waals surface area contributed by atoms with Crippen LogP contribution in [0.25, 0.3) is 0 Å². The number of esters is 1. The number of hydrogen-bond acceptors (Lipinski definition) is 5. The van der Waals surface area contributed by atoms with Crippen molar-refractivity contribution in [3.63, 3.8) is 0 Å². The van der Waals surface area contributed by atoms with E-state index >= 15 is 0 Å². The number of nitrogens with one attached hydrogen (secondary N) is 1. The quantitative estimate of drug-likeness (QED) is 0.0418. The normalized spacial score (nSPS) is 13.0. The van der Waals surface area contributed by atoms with E-state index in [0.29, 0.717) is 19.3 Å². The molecule has 0 aliphatic rings. The highest BCUT2D eigenvalue weighted by Gasteiger charge is 2.24. The van der Waals surface area contributed by atoms with E-state index in [1.165, 1.54) is 238 Å². The van der Waals surface area contributed by atoms with E-state index in [1.807, 2.05) is 0 Å². The molecule has 1 amide bonds. The summed E-state index contributed by atoms with van der Waals surface area (Å²) in [6, 6.07) is -0.693. The van der Waals surface area contributed by atoms with Crippen molar-refractivity contribution in [1.29, 1.82) is 0 Å². The number of hydrogen-bond donors (Lipinski definition) is 3.